The molecule has 8 heteroatoms. The van der Waals surface area contributed by atoms with Crippen molar-refractivity contribution in [1.82, 2.24) is 20.3 Å². The van der Waals surface area contributed by atoms with Crippen molar-refractivity contribution in [2.45, 2.75) is 46.7 Å². The Morgan fingerprint density at radius 2 is 1.86 bits per heavy atom. The number of nitrogens with zero attached hydrogens (tertiary/aromatic N) is 4. The smallest absolute Gasteiger partial charge is 0.251 e. The number of benzene rings is 2. The number of hydrogen-bond donors (Lipinski definition) is 1. The van der Waals surface area contributed by atoms with E-state index in [9.17, 15) is 9.59 Å². The number of amides is 2. The fourth-order valence-corrected chi connectivity index (χ4v) is 3.95. The van der Waals surface area contributed by atoms with E-state index < -0.39 is 6.04 Å². The topological polar surface area (TPSA) is 93.3 Å². The van der Waals surface area contributed by atoms with E-state index in [0.717, 1.165) is 23.1 Å². The number of aryl methyl sites for hydroxylation is 2. The quantitative estimate of drug-likeness (QED) is 0.384. The molecule has 4 aromatic rings. The molecule has 2 aromatic carbocycles. The van der Waals surface area contributed by atoms with Gasteiger partial charge in [0.05, 0.1) is 11.8 Å². The van der Waals surface area contributed by atoms with Gasteiger partial charge in [-0.15, -0.1) is 5.10 Å². The molecule has 0 saturated carbocycles. The van der Waals surface area contributed by atoms with Gasteiger partial charge in [0.1, 0.15) is 17.8 Å². The number of anilines is 1. The number of para-hydroxylation sites is 1. The highest BCUT2D eigenvalue weighted by Gasteiger charge is 2.35. The molecule has 0 saturated heterocycles. The summed E-state index contributed by atoms with van der Waals surface area (Å²) < 4.78 is 7.22. The zero-order chi connectivity index (χ0) is 24.9. The van der Waals surface area contributed by atoms with Gasteiger partial charge in [-0.3, -0.25) is 14.5 Å². The predicted octanol–water partition coefficient (Wildman–Crippen LogP) is 4.58. The van der Waals surface area contributed by atoms with Gasteiger partial charge in [0.25, 0.3) is 5.91 Å². The number of carbonyl (C=O) groups excluding carboxylic acids is 2. The van der Waals surface area contributed by atoms with Crippen molar-refractivity contribution in [3.05, 3.63) is 77.7 Å². The Balaban J connectivity index is 1.74. The zero-order valence-electron chi connectivity index (χ0n) is 20.6. The van der Waals surface area contributed by atoms with Crippen molar-refractivity contribution in [2.24, 2.45) is 5.92 Å². The number of furan rings is 1. The molecule has 2 aromatic heterocycles. The molecular formula is C27H31N5O3. The maximum atomic E-state index is 13.9. The molecule has 0 unspecified atom stereocenters. The monoisotopic (exact) mass is 473 g/mol. The lowest BCUT2D eigenvalue weighted by Gasteiger charge is -2.30. The second kappa shape index (κ2) is 10.5. The van der Waals surface area contributed by atoms with Crippen LogP contribution >= 0.6 is 0 Å². The summed E-state index contributed by atoms with van der Waals surface area (Å²) >= 11 is 0. The van der Waals surface area contributed by atoms with Crippen LogP contribution < -0.4 is 10.2 Å². The number of nitrogens with one attached hydrogen (secondary N) is 1. The molecule has 1 atom stereocenters. The molecular weight excluding hydrogens is 442 g/mol. The Hall–Kier alpha value is -3.94. The lowest BCUT2D eigenvalue weighted by molar-refractivity contribution is -0.127. The van der Waals surface area contributed by atoms with Gasteiger partial charge in [-0.1, -0.05) is 37.3 Å². The molecule has 0 fully saturated rings. The van der Waals surface area contributed by atoms with Crippen molar-refractivity contribution >= 4 is 28.5 Å². The summed E-state index contributed by atoms with van der Waals surface area (Å²) in [6.45, 7) is 8.62. The molecule has 0 spiro atoms. The average molecular weight is 474 g/mol. The summed E-state index contributed by atoms with van der Waals surface area (Å²) in [7, 11) is 0. The minimum absolute atomic E-state index is 0.0794. The minimum Gasteiger partial charge on any atom is -0.467 e. The number of carbonyl (C=O) groups is 2. The van der Waals surface area contributed by atoms with E-state index in [1.165, 1.54) is 11.2 Å². The van der Waals surface area contributed by atoms with E-state index in [1.807, 2.05) is 56.3 Å². The van der Waals surface area contributed by atoms with Crippen LogP contribution in [-0.2, 0) is 16.1 Å². The highest BCUT2D eigenvalue weighted by atomic mass is 16.3. The fraction of sp³-hybridized carbons (Fsp3) is 0.333. The van der Waals surface area contributed by atoms with Gasteiger partial charge in [-0.25, -0.2) is 4.68 Å². The minimum atomic E-state index is -0.971. The van der Waals surface area contributed by atoms with Crippen molar-refractivity contribution in [2.75, 3.05) is 11.4 Å². The summed E-state index contributed by atoms with van der Waals surface area (Å²) in [5.41, 5.74) is 4.18. The molecule has 0 aliphatic heterocycles. The van der Waals surface area contributed by atoms with Crippen LogP contribution in [0.15, 0.2) is 65.3 Å². The van der Waals surface area contributed by atoms with Crippen LogP contribution in [0.1, 0.15) is 43.2 Å². The van der Waals surface area contributed by atoms with Gasteiger partial charge < -0.3 is 9.73 Å². The summed E-state index contributed by atoms with van der Waals surface area (Å²) in [5.74, 6) is 0.234. The SMILES string of the molecule is Cc1ccc(N(C(=O)Cn2nnc3ccccc32)[C@H](C(=O)NCCC(C)C)c2ccco2)cc1C. The van der Waals surface area contributed by atoms with Crippen LogP contribution in [0, 0.1) is 19.8 Å². The van der Waals surface area contributed by atoms with E-state index in [4.69, 9.17) is 4.42 Å². The summed E-state index contributed by atoms with van der Waals surface area (Å²) in [6, 6.07) is 15.7. The molecule has 35 heavy (non-hydrogen) atoms. The first-order valence-corrected chi connectivity index (χ1v) is 11.8. The largest absolute Gasteiger partial charge is 0.467 e. The van der Waals surface area contributed by atoms with Crippen molar-refractivity contribution in [3.8, 4) is 0 Å². The first kappa shape index (κ1) is 24.2. The predicted molar refractivity (Wildman–Crippen MR) is 135 cm³/mol. The molecule has 0 radical (unpaired) electrons. The Morgan fingerprint density at radius 1 is 1.06 bits per heavy atom. The average Bonchev–Trinajstić information content (AvgIpc) is 3.49. The first-order chi connectivity index (χ1) is 16.8. The van der Waals surface area contributed by atoms with Gasteiger partial charge in [0.2, 0.25) is 5.91 Å². The third-order valence-corrected chi connectivity index (χ3v) is 6.08. The van der Waals surface area contributed by atoms with Crippen LogP contribution in [0.5, 0.6) is 0 Å². The van der Waals surface area contributed by atoms with Crippen molar-refractivity contribution in [3.63, 3.8) is 0 Å². The van der Waals surface area contributed by atoms with Crippen LogP contribution in [0.3, 0.4) is 0 Å². The first-order valence-electron chi connectivity index (χ1n) is 11.8. The Morgan fingerprint density at radius 3 is 2.57 bits per heavy atom. The number of aromatic nitrogens is 3. The zero-order valence-corrected chi connectivity index (χ0v) is 20.6. The second-order valence-electron chi connectivity index (χ2n) is 9.16. The number of fused-ring (bicyclic) bond motifs is 1. The van der Waals surface area contributed by atoms with E-state index >= 15 is 0 Å². The van der Waals surface area contributed by atoms with E-state index in [-0.39, 0.29) is 18.4 Å². The summed E-state index contributed by atoms with van der Waals surface area (Å²) in [5, 5.41) is 11.3. The van der Waals surface area contributed by atoms with Gasteiger partial charge in [0, 0.05) is 12.2 Å². The van der Waals surface area contributed by atoms with Crippen molar-refractivity contribution in [1.29, 1.82) is 0 Å². The van der Waals surface area contributed by atoms with Crippen LogP contribution in [0.2, 0.25) is 0 Å². The van der Waals surface area contributed by atoms with E-state index in [1.54, 1.807) is 16.8 Å². The maximum Gasteiger partial charge on any atom is 0.251 e. The summed E-state index contributed by atoms with van der Waals surface area (Å²) in [6.07, 6.45) is 2.34. The van der Waals surface area contributed by atoms with E-state index in [0.29, 0.717) is 29.4 Å². The molecule has 0 aliphatic carbocycles. The number of hydrogen-bond acceptors (Lipinski definition) is 5. The lowest BCUT2D eigenvalue weighted by atomic mass is 10.1. The van der Waals surface area contributed by atoms with E-state index in [2.05, 4.69) is 29.5 Å². The normalized spacial score (nSPS) is 12.1. The van der Waals surface area contributed by atoms with Gasteiger partial charge in [0.15, 0.2) is 6.04 Å². The molecule has 0 aliphatic rings. The van der Waals surface area contributed by atoms with Crippen LogP contribution in [0.25, 0.3) is 11.0 Å². The second-order valence-corrected chi connectivity index (χ2v) is 9.16. The van der Waals surface area contributed by atoms with Crippen LogP contribution in [-0.4, -0.2) is 33.4 Å². The summed E-state index contributed by atoms with van der Waals surface area (Å²) in [4.78, 5) is 28.9. The highest BCUT2D eigenvalue weighted by molar-refractivity contribution is 6.01. The molecule has 2 heterocycles. The van der Waals surface area contributed by atoms with Gasteiger partial charge in [-0.05, 0) is 73.7 Å². The number of rotatable bonds is 9. The molecule has 1 N–H and O–H groups in total. The highest BCUT2D eigenvalue weighted by Crippen LogP contribution is 2.30. The third kappa shape index (κ3) is 5.42. The molecule has 4 rings (SSSR count). The fourth-order valence-electron chi connectivity index (χ4n) is 3.95. The molecule has 182 valence electrons. The van der Waals surface area contributed by atoms with Gasteiger partial charge >= 0.3 is 0 Å². The Kier molecular flexibility index (Phi) is 7.29. The van der Waals surface area contributed by atoms with Crippen molar-refractivity contribution < 1.29 is 14.0 Å². The lowest BCUT2D eigenvalue weighted by Crippen LogP contribution is -2.45. The molecule has 8 nitrogen and oxygen atoms in total. The standard InChI is InChI=1S/C27H31N5O3/c1-18(2)13-14-28-27(34)26(24-10-7-15-35-24)32(21-12-11-19(3)20(4)16-21)25(33)17-31-23-9-6-5-8-22(23)29-30-31/h5-12,15-16,18,26H,13-14,17H2,1-4H3,(H,28,34)/t26-/m0/s1. The van der Waals surface area contributed by atoms with Gasteiger partial charge in [-0.2, -0.15) is 0 Å². The van der Waals surface area contributed by atoms with Crippen LogP contribution in [0.4, 0.5) is 5.69 Å². The Labute approximate surface area is 204 Å². The maximum absolute atomic E-state index is 13.9. The Bertz CT molecular complexity index is 1310. The molecule has 2 amide bonds. The molecule has 0 bridgehead atoms. The third-order valence-electron chi connectivity index (χ3n) is 6.08.